The Morgan fingerprint density at radius 2 is 2.30 bits per heavy atom. The van der Waals surface area contributed by atoms with Gasteiger partial charge in [0.25, 0.3) is 6.48 Å². The second kappa shape index (κ2) is 8.26. The van der Waals surface area contributed by atoms with Crippen molar-refractivity contribution in [1.29, 1.82) is 0 Å². The molecule has 2 N–H and O–H groups in total. The highest BCUT2D eigenvalue weighted by atomic mass is 19.1. The summed E-state index contributed by atoms with van der Waals surface area (Å²) >= 11 is 0. The smallest absolute Gasteiger partial charge is 0.268 e. The minimum atomic E-state index is -2.01. The summed E-state index contributed by atoms with van der Waals surface area (Å²) in [4.78, 5) is 14.3. The molecule has 2 heterocycles. The van der Waals surface area contributed by atoms with Crippen LogP contribution in [0.3, 0.4) is 0 Å². The van der Waals surface area contributed by atoms with E-state index in [1.54, 1.807) is 0 Å². The van der Waals surface area contributed by atoms with Gasteiger partial charge >= 0.3 is 0 Å². The van der Waals surface area contributed by atoms with E-state index in [1.165, 1.54) is 14.0 Å². The Morgan fingerprint density at radius 1 is 1.52 bits per heavy atom. The number of aliphatic hydroxyl groups is 2. The molecule has 0 bridgehead atoms. The molecular weight excluding hydrogens is 359 g/mol. The molecule has 1 saturated carbocycles. The first-order chi connectivity index (χ1) is 13.0. The number of allylic oxidation sites excluding steroid dienone is 2. The summed E-state index contributed by atoms with van der Waals surface area (Å²) in [6.07, 6.45) is 1.77. The van der Waals surface area contributed by atoms with Crippen LogP contribution in [-0.4, -0.2) is 79.1 Å². The maximum Gasteiger partial charge on any atom is 0.268 e. The zero-order chi connectivity index (χ0) is 19.6. The zero-order valence-electron chi connectivity index (χ0n) is 15.3. The first-order valence-electron chi connectivity index (χ1n) is 8.59. The van der Waals surface area contributed by atoms with E-state index in [1.807, 2.05) is 4.90 Å². The van der Waals surface area contributed by atoms with Crippen LogP contribution >= 0.6 is 0 Å². The molecule has 148 valence electrons. The van der Waals surface area contributed by atoms with Crippen molar-refractivity contribution in [3.63, 3.8) is 0 Å². The number of aliphatic imine (C=N–C) groups is 3. The van der Waals surface area contributed by atoms with Crippen LogP contribution in [0.5, 0.6) is 0 Å². The van der Waals surface area contributed by atoms with Crippen LogP contribution in [-0.2, 0) is 14.2 Å². The Morgan fingerprint density at radius 3 is 2.96 bits per heavy atom. The van der Waals surface area contributed by atoms with Gasteiger partial charge in [0, 0.05) is 13.2 Å². The average molecular weight is 382 g/mol. The Kier molecular flexibility index (Phi) is 6.00. The van der Waals surface area contributed by atoms with Crippen LogP contribution in [0.2, 0.25) is 0 Å². The molecule has 1 saturated heterocycles. The number of fused-ring (bicyclic) bond motifs is 1. The largest absolute Gasteiger partial charge is 0.480 e. The van der Waals surface area contributed by atoms with Crippen molar-refractivity contribution in [2.24, 2.45) is 15.0 Å². The fraction of sp³-hybridized carbons (Fsp3) is 0.588. The van der Waals surface area contributed by atoms with Gasteiger partial charge in [-0.1, -0.05) is 0 Å². The molecule has 2 fully saturated rings. The molecule has 0 spiro atoms. The summed E-state index contributed by atoms with van der Waals surface area (Å²) in [6, 6.07) is 0.130. The Labute approximate surface area is 156 Å². The normalized spacial score (nSPS) is 28.7. The molecule has 2 atom stereocenters. The average Bonchev–Trinajstić information content (AvgIpc) is 3.41. The molecule has 0 radical (unpaired) electrons. The van der Waals surface area contributed by atoms with E-state index in [-0.39, 0.29) is 35.0 Å². The van der Waals surface area contributed by atoms with Gasteiger partial charge in [0.1, 0.15) is 23.8 Å². The zero-order valence-corrected chi connectivity index (χ0v) is 15.3. The molecule has 3 aliphatic rings. The third kappa shape index (κ3) is 4.08. The summed E-state index contributed by atoms with van der Waals surface area (Å²) in [5, 5.41) is 17.7. The predicted octanol–water partition coefficient (Wildman–Crippen LogP) is 0.705. The van der Waals surface area contributed by atoms with Crippen molar-refractivity contribution in [3.05, 3.63) is 22.9 Å². The second-order valence-corrected chi connectivity index (χ2v) is 6.27. The molecule has 9 nitrogen and oxygen atoms in total. The fourth-order valence-corrected chi connectivity index (χ4v) is 3.18. The summed E-state index contributed by atoms with van der Waals surface area (Å²) in [6.45, 7) is 3.97. The Bertz CT molecular complexity index is 731. The number of halogens is 1. The molecule has 27 heavy (non-hydrogen) atoms. The van der Waals surface area contributed by atoms with Gasteiger partial charge in [-0.3, -0.25) is 4.99 Å². The lowest BCUT2D eigenvalue weighted by Gasteiger charge is -2.27. The number of ether oxygens (including phenoxy) is 3. The van der Waals surface area contributed by atoms with Crippen molar-refractivity contribution in [3.8, 4) is 0 Å². The topological polar surface area (TPSA) is 108 Å². The number of aliphatic hydroxyl groups excluding tert-OH is 1. The lowest BCUT2D eigenvalue weighted by atomic mass is 10.0. The lowest BCUT2D eigenvalue weighted by molar-refractivity contribution is -0.232. The SMILES string of the molecule is C=N/C(=C1/C(OC)=NC(C)=C(F)/C1=N/COC(O)O)N1CCCOC2CC21. The monoisotopic (exact) mass is 382 g/mol. The van der Waals surface area contributed by atoms with Crippen LogP contribution in [0, 0.1) is 0 Å². The van der Waals surface area contributed by atoms with Crippen molar-refractivity contribution in [1.82, 2.24) is 4.90 Å². The number of hydrogen-bond acceptors (Lipinski definition) is 9. The van der Waals surface area contributed by atoms with E-state index in [2.05, 4.69) is 26.4 Å². The number of hydrogen-bond donors (Lipinski definition) is 2. The van der Waals surface area contributed by atoms with E-state index in [9.17, 15) is 4.39 Å². The van der Waals surface area contributed by atoms with Gasteiger partial charge in [0.15, 0.2) is 5.83 Å². The van der Waals surface area contributed by atoms with Crippen molar-refractivity contribution < 1.29 is 28.8 Å². The van der Waals surface area contributed by atoms with E-state index in [0.29, 0.717) is 19.0 Å². The maximum absolute atomic E-state index is 14.8. The molecule has 0 aromatic carbocycles. The number of methoxy groups -OCH3 is 1. The second-order valence-electron chi connectivity index (χ2n) is 6.27. The predicted molar refractivity (Wildman–Crippen MR) is 95.9 cm³/mol. The minimum Gasteiger partial charge on any atom is -0.480 e. The van der Waals surface area contributed by atoms with E-state index < -0.39 is 19.0 Å². The molecular formula is C17H23FN4O5. The molecule has 0 aromatic rings. The first-order valence-corrected chi connectivity index (χ1v) is 8.59. The van der Waals surface area contributed by atoms with Gasteiger partial charge in [-0.25, -0.2) is 14.4 Å². The van der Waals surface area contributed by atoms with Crippen LogP contribution in [0.1, 0.15) is 19.8 Å². The highest BCUT2D eigenvalue weighted by Gasteiger charge is 2.46. The van der Waals surface area contributed by atoms with Gasteiger partial charge in [-0.05, 0) is 26.5 Å². The van der Waals surface area contributed by atoms with Crippen LogP contribution in [0.4, 0.5) is 4.39 Å². The summed E-state index contributed by atoms with van der Waals surface area (Å²) < 4.78 is 30.5. The van der Waals surface area contributed by atoms with Crippen LogP contribution < -0.4 is 0 Å². The molecule has 0 amide bonds. The number of nitrogens with zero attached hydrogens (tertiary/aromatic N) is 4. The quantitative estimate of drug-likeness (QED) is 0.535. The Hall–Kier alpha value is -2.14. The van der Waals surface area contributed by atoms with Crippen molar-refractivity contribution in [2.75, 3.05) is 27.0 Å². The number of rotatable bonds is 5. The van der Waals surface area contributed by atoms with E-state index in [4.69, 9.17) is 19.7 Å². The van der Waals surface area contributed by atoms with Crippen LogP contribution in [0.15, 0.2) is 37.9 Å². The molecule has 2 aliphatic heterocycles. The van der Waals surface area contributed by atoms with Gasteiger partial charge in [-0.15, -0.1) is 0 Å². The van der Waals surface area contributed by atoms with E-state index in [0.717, 1.165) is 12.8 Å². The molecule has 0 aromatic heterocycles. The highest BCUT2D eigenvalue weighted by molar-refractivity contribution is 6.29. The molecule has 10 heteroatoms. The van der Waals surface area contributed by atoms with Gasteiger partial charge in [0.2, 0.25) is 5.90 Å². The van der Waals surface area contributed by atoms with Crippen LogP contribution in [0.25, 0.3) is 0 Å². The third-order valence-corrected chi connectivity index (χ3v) is 4.51. The van der Waals surface area contributed by atoms with Gasteiger partial charge in [-0.2, -0.15) is 0 Å². The standard InChI is InChI=1S/C17H23FN4O5/c1-9-13(18)14(20-8-27-17(23)24)12(16(21-9)25-3)15(19-2)22-5-4-6-26-11-7-10(11)22/h10-11,17,23-24H,2,4-8H2,1,3H3/b15-12-,20-14+. The van der Waals surface area contributed by atoms with E-state index >= 15 is 0 Å². The molecule has 1 aliphatic carbocycles. The van der Waals surface area contributed by atoms with Crippen molar-refractivity contribution >= 4 is 18.3 Å². The summed E-state index contributed by atoms with van der Waals surface area (Å²) in [5.41, 5.74) is 0.259. The Balaban J connectivity index is 2.06. The summed E-state index contributed by atoms with van der Waals surface area (Å²) in [7, 11) is 1.42. The minimum absolute atomic E-state index is 0.0789. The van der Waals surface area contributed by atoms with Gasteiger partial charge < -0.3 is 29.3 Å². The lowest BCUT2D eigenvalue weighted by Crippen LogP contribution is -2.33. The molecule has 3 rings (SSSR count). The van der Waals surface area contributed by atoms with Crippen molar-refractivity contribution in [2.45, 2.75) is 38.4 Å². The maximum atomic E-state index is 14.8. The first kappa shape index (κ1) is 19.6. The highest BCUT2D eigenvalue weighted by Crippen LogP contribution is 2.38. The summed E-state index contributed by atoms with van der Waals surface area (Å²) in [5.74, 6) is -0.108. The third-order valence-electron chi connectivity index (χ3n) is 4.51. The van der Waals surface area contributed by atoms with Gasteiger partial charge in [0.05, 0.1) is 25.0 Å². The molecule has 2 unspecified atom stereocenters. The fourth-order valence-electron chi connectivity index (χ4n) is 3.18.